The second-order valence-electron chi connectivity index (χ2n) is 5.87. The lowest BCUT2D eigenvalue weighted by Crippen LogP contribution is -2.47. The normalized spacial score (nSPS) is 24.1. The molecule has 2 fully saturated rings. The van der Waals surface area contributed by atoms with Crippen molar-refractivity contribution in [1.82, 2.24) is 9.80 Å². The molecule has 1 saturated carbocycles. The van der Waals surface area contributed by atoms with Crippen LogP contribution in [0.2, 0.25) is 0 Å². The van der Waals surface area contributed by atoms with Crippen molar-refractivity contribution in [2.45, 2.75) is 18.3 Å². The third-order valence-electron chi connectivity index (χ3n) is 4.43. The first-order valence-corrected chi connectivity index (χ1v) is 7.64. The van der Waals surface area contributed by atoms with Crippen LogP contribution in [0.3, 0.4) is 0 Å². The largest absolute Gasteiger partial charge is 0.304 e. The van der Waals surface area contributed by atoms with E-state index in [0.29, 0.717) is 5.41 Å². The molecule has 0 atom stereocenters. The van der Waals surface area contributed by atoms with Crippen LogP contribution in [0.25, 0.3) is 0 Å². The van der Waals surface area contributed by atoms with Crippen molar-refractivity contribution in [3.8, 4) is 0 Å². The van der Waals surface area contributed by atoms with Gasteiger partial charge in [0.25, 0.3) is 0 Å². The van der Waals surface area contributed by atoms with E-state index in [4.69, 9.17) is 0 Å². The number of hydrogen-bond donors (Lipinski definition) is 0. The molecule has 1 aromatic rings. The van der Waals surface area contributed by atoms with Crippen molar-refractivity contribution < 1.29 is 0 Å². The molecule has 18 heavy (non-hydrogen) atoms. The predicted octanol–water partition coefficient (Wildman–Crippen LogP) is 2.73. The minimum Gasteiger partial charge on any atom is -0.304 e. The minimum atomic E-state index is 0.469. The van der Waals surface area contributed by atoms with Crippen LogP contribution in [-0.2, 0) is 5.41 Å². The molecular weight excluding hydrogens is 288 g/mol. The van der Waals surface area contributed by atoms with E-state index in [2.05, 4.69) is 57.0 Å². The van der Waals surface area contributed by atoms with Gasteiger partial charge in [-0.2, -0.15) is 0 Å². The average molecular weight is 309 g/mol. The highest BCUT2D eigenvalue weighted by atomic mass is 79.9. The summed E-state index contributed by atoms with van der Waals surface area (Å²) >= 11 is 3.52. The molecule has 0 spiro atoms. The van der Waals surface area contributed by atoms with Crippen molar-refractivity contribution in [2.75, 3.05) is 39.8 Å². The first-order chi connectivity index (χ1) is 8.68. The van der Waals surface area contributed by atoms with E-state index in [1.54, 1.807) is 0 Å². The first-order valence-electron chi connectivity index (χ1n) is 6.85. The molecule has 0 aromatic heterocycles. The van der Waals surface area contributed by atoms with Gasteiger partial charge in [-0.05, 0) is 37.6 Å². The van der Waals surface area contributed by atoms with E-state index in [0.717, 1.165) is 0 Å². The lowest BCUT2D eigenvalue weighted by Gasteiger charge is -2.35. The summed E-state index contributed by atoms with van der Waals surface area (Å²) in [6.45, 7) is 6.15. The van der Waals surface area contributed by atoms with Crippen molar-refractivity contribution in [2.24, 2.45) is 0 Å². The highest BCUT2D eigenvalue weighted by Crippen LogP contribution is 2.48. The SMILES string of the molecule is CN1CCN(CC2(c3ccc(Br)cc3)CC2)CC1. The average Bonchev–Trinajstić information content (AvgIpc) is 3.14. The molecule has 0 radical (unpaired) electrons. The third kappa shape index (κ3) is 2.63. The molecule has 0 bridgehead atoms. The minimum absolute atomic E-state index is 0.469. The number of piperazine rings is 1. The fourth-order valence-corrected chi connectivity index (χ4v) is 3.19. The van der Waals surface area contributed by atoms with Gasteiger partial charge in [-0.1, -0.05) is 28.1 Å². The molecule has 1 heterocycles. The van der Waals surface area contributed by atoms with Crippen LogP contribution in [-0.4, -0.2) is 49.6 Å². The predicted molar refractivity (Wildman–Crippen MR) is 79.0 cm³/mol. The molecule has 1 saturated heterocycles. The lowest BCUT2D eigenvalue weighted by molar-refractivity contribution is 0.143. The molecule has 0 amide bonds. The zero-order valence-corrected chi connectivity index (χ0v) is 12.6. The van der Waals surface area contributed by atoms with Gasteiger partial charge < -0.3 is 4.90 Å². The summed E-state index contributed by atoms with van der Waals surface area (Å²) < 4.78 is 1.18. The summed E-state index contributed by atoms with van der Waals surface area (Å²) in [6.07, 6.45) is 2.72. The van der Waals surface area contributed by atoms with Gasteiger partial charge in [-0.15, -0.1) is 0 Å². The molecule has 98 valence electrons. The number of likely N-dealkylation sites (N-methyl/N-ethyl adjacent to an activating group) is 1. The summed E-state index contributed by atoms with van der Waals surface area (Å²) in [6, 6.07) is 8.96. The van der Waals surface area contributed by atoms with Crippen molar-refractivity contribution in [1.29, 1.82) is 0 Å². The Balaban J connectivity index is 1.66. The van der Waals surface area contributed by atoms with Gasteiger partial charge in [-0.25, -0.2) is 0 Å². The Bertz CT molecular complexity index is 403. The van der Waals surface area contributed by atoms with Gasteiger partial charge >= 0.3 is 0 Å². The Labute approximate surface area is 118 Å². The second kappa shape index (κ2) is 4.95. The first kappa shape index (κ1) is 12.6. The van der Waals surface area contributed by atoms with Gasteiger partial charge in [0.05, 0.1) is 0 Å². The monoisotopic (exact) mass is 308 g/mol. The highest BCUT2D eigenvalue weighted by molar-refractivity contribution is 9.10. The van der Waals surface area contributed by atoms with Crippen molar-refractivity contribution >= 4 is 15.9 Å². The maximum Gasteiger partial charge on any atom is 0.0175 e. The lowest BCUT2D eigenvalue weighted by atomic mass is 9.95. The van der Waals surface area contributed by atoms with Crippen LogP contribution in [0, 0.1) is 0 Å². The molecule has 2 nitrogen and oxygen atoms in total. The molecule has 0 N–H and O–H groups in total. The molecular formula is C15H21BrN2. The molecule has 1 aliphatic carbocycles. The third-order valence-corrected chi connectivity index (χ3v) is 4.96. The summed E-state index contributed by atoms with van der Waals surface area (Å²) in [5.41, 5.74) is 2.00. The Morgan fingerprint density at radius 3 is 2.22 bits per heavy atom. The van der Waals surface area contributed by atoms with Crippen LogP contribution < -0.4 is 0 Å². The number of nitrogens with zero attached hydrogens (tertiary/aromatic N) is 2. The van der Waals surface area contributed by atoms with Crippen LogP contribution in [0.1, 0.15) is 18.4 Å². The summed E-state index contributed by atoms with van der Waals surface area (Å²) in [4.78, 5) is 5.07. The van der Waals surface area contributed by atoms with E-state index < -0.39 is 0 Å². The fourth-order valence-electron chi connectivity index (χ4n) is 2.93. The van der Waals surface area contributed by atoms with Crippen LogP contribution in [0.5, 0.6) is 0 Å². The van der Waals surface area contributed by atoms with Crippen molar-refractivity contribution in [3.63, 3.8) is 0 Å². The quantitative estimate of drug-likeness (QED) is 0.847. The van der Waals surface area contributed by atoms with E-state index in [1.807, 2.05) is 0 Å². The molecule has 1 aliphatic heterocycles. The molecule has 1 aromatic carbocycles. The Morgan fingerprint density at radius 1 is 1.06 bits per heavy atom. The zero-order valence-electron chi connectivity index (χ0n) is 11.0. The standard InChI is InChI=1S/C15H21BrN2/c1-17-8-10-18(11-9-17)12-15(6-7-15)13-2-4-14(16)5-3-13/h2-5H,6-12H2,1H3. The Morgan fingerprint density at radius 2 is 1.67 bits per heavy atom. The number of halogens is 1. The highest BCUT2D eigenvalue weighted by Gasteiger charge is 2.45. The van der Waals surface area contributed by atoms with Crippen LogP contribution in [0.15, 0.2) is 28.7 Å². The maximum atomic E-state index is 3.52. The fraction of sp³-hybridized carbons (Fsp3) is 0.600. The molecule has 0 unspecified atom stereocenters. The zero-order chi connectivity index (χ0) is 12.6. The topological polar surface area (TPSA) is 6.48 Å². The smallest absolute Gasteiger partial charge is 0.0175 e. The number of rotatable bonds is 3. The van der Waals surface area contributed by atoms with E-state index in [1.165, 1.54) is 55.6 Å². The molecule has 3 rings (SSSR count). The van der Waals surface area contributed by atoms with E-state index >= 15 is 0 Å². The Hall–Kier alpha value is -0.380. The summed E-state index contributed by atoms with van der Waals surface area (Å²) in [5.74, 6) is 0. The van der Waals surface area contributed by atoms with E-state index in [-0.39, 0.29) is 0 Å². The molecule has 3 heteroatoms. The number of hydrogen-bond acceptors (Lipinski definition) is 2. The van der Waals surface area contributed by atoms with Gasteiger partial charge in [0.1, 0.15) is 0 Å². The van der Waals surface area contributed by atoms with Gasteiger partial charge in [0.2, 0.25) is 0 Å². The number of benzene rings is 1. The molecule has 2 aliphatic rings. The summed E-state index contributed by atoms with van der Waals surface area (Å²) in [7, 11) is 2.22. The van der Waals surface area contributed by atoms with Gasteiger partial charge in [0.15, 0.2) is 0 Å². The Kier molecular flexibility index (Phi) is 3.48. The van der Waals surface area contributed by atoms with Gasteiger partial charge in [-0.3, -0.25) is 4.90 Å². The van der Waals surface area contributed by atoms with Crippen LogP contribution >= 0.6 is 15.9 Å². The van der Waals surface area contributed by atoms with Crippen molar-refractivity contribution in [3.05, 3.63) is 34.3 Å². The second-order valence-corrected chi connectivity index (χ2v) is 6.78. The van der Waals surface area contributed by atoms with E-state index in [9.17, 15) is 0 Å². The van der Waals surface area contributed by atoms with Crippen LogP contribution in [0.4, 0.5) is 0 Å². The summed E-state index contributed by atoms with van der Waals surface area (Å²) in [5, 5.41) is 0. The van der Waals surface area contributed by atoms with Gasteiger partial charge in [0, 0.05) is 42.6 Å². The maximum absolute atomic E-state index is 3.52.